The Bertz CT molecular complexity index is 280. The van der Waals surface area contributed by atoms with Crippen LogP contribution in [0.2, 0.25) is 0 Å². The van der Waals surface area contributed by atoms with Crippen LogP contribution in [-0.4, -0.2) is 24.5 Å². The van der Waals surface area contributed by atoms with Gasteiger partial charge in [-0.1, -0.05) is 32.1 Å². The Morgan fingerprint density at radius 1 is 1.06 bits per heavy atom. The van der Waals surface area contributed by atoms with Crippen LogP contribution in [0.4, 0.5) is 4.79 Å². The number of alkyl carbamates (subject to hydrolysis) is 1. The number of ketones is 1. The summed E-state index contributed by atoms with van der Waals surface area (Å²) in [5.74, 6) is 0.578. The fourth-order valence-electron chi connectivity index (χ4n) is 2.35. The van der Waals surface area contributed by atoms with Crippen molar-refractivity contribution < 1.29 is 14.3 Å². The first-order valence-electron chi connectivity index (χ1n) is 6.69. The van der Waals surface area contributed by atoms with E-state index in [1.54, 1.807) is 0 Å². The van der Waals surface area contributed by atoms with Crippen LogP contribution in [-0.2, 0) is 9.53 Å². The molecule has 17 heavy (non-hydrogen) atoms. The molecule has 0 atom stereocenters. The number of amides is 1. The smallest absolute Gasteiger partial charge is 0.407 e. The summed E-state index contributed by atoms with van der Waals surface area (Å²) in [4.78, 5) is 22.8. The highest BCUT2D eigenvalue weighted by molar-refractivity contribution is 5.82. The minimum absolute atomic E-state index is 0.0582. The van der Waals surface area contributed by atoms with Crippen LogP contribution >= 0.6 is 0 Å². The summed E-state index contributed by atoms with van der Waals surface area (Å²) in [5, 5.41) is 2.70. The molecule has 0 aromatic rings. The summed E-state index contributed by atoms with van der Waals surface area (Å²) >= 11 is 0. The number of rotatable bonds is 5. The van der Waals surface area contributed by atoms with Gasteiger partial charge in [0.15, 0.2) is 12.4 Å². The summed E-state index contributed by atoms with van der Waals surface area (Å²) < 4.78 is 4.90. The molecule has 1 N–H and O–H groups in total. The molecule has 0 heterocycles. The molecule has 0 aromatic heterocycles. The second kappa shape index (κ2) is 6.03. The predicted molar refractivity (Wildman–Crippen MR) is 63.7 cm³/mol. The molecule has 0 bridgehead atoms. The summed E-state index contributed by atoms with van der Waals surface area (Å²) in [6, 6.07) is 0.288. The van der Waals surface area contributed by atoms with Crippen molar-refractivity contribution in [2.75, 3.05) is 6.61 Å². The van der Waals surface area contributed by atoms with Crippen molar-refractivity contribution >= 4 is 11.9 Å². The van der Waals surface area contributed by atoms with Crippen LogP contribution in [0.3, 0.4) is 0 Å². The van der Waals surface area contributed by atoms with Crippen molar-refractivity contribution in [3.8, 4) is 0 Å². The third-order valence-corrected chi connectivity index (χ3v) is 3.50. The maximum Gasteiger partial charge on any atom is 0.407 e. The Morgan fingerprint density at radius 2 is 1.76 bits per heavy atom. The lowest BCUT2D eigenvalue weighted by Crippen LogP contribution is -2.28. The molecule has 4 heteroatoms. The molecule has 2 aliphatic carbocycles. The number of Topliss-reactive ketones (excluding diaryl/α,β-unsaturated/α-hetero) is 1. The van der Waals surface area contributed by atoms with Crippen molar-refractivity contribution in [3.05, 3.63) is 0 Å². The number of carbonyl (C=O) groups excluding carboxylic acids is 2. The summed E-state index contributed by atoms with van der Waals surface area (Å²) in [6.45, 7) is -0.0605. The van der Waals surface area contributed by atoms with Gasteiger partial charge in [-0.05, 0) is 18.8 Å². The van der Waals surface area contributed by atoms with Crippen LogP contribution < -0.4 is 5.32 Å². The van der Waals surface area contributed by atoms with Gasteiger partial charge in [0.25, 0.3) is 0 Å². The zero-order chi connectivity index (χ0) is 12.1. The SMILES string of the molecule is O=C(COC(=O)NC1CC1)CC1CCCCC1. The fourth-order valence-corrected chi connectivity index (χ4v) is 2.35. The number of ether oxygens (including phenoxy) is 1. The second-order valence-corrected chi connectivity index (χ2v) is 5.24. The van der Waals surface area contributed by atoms with E-state index < -0.39 is 6.09 Å². The van der Waals surface area contributed by atoms with E-state index in [1.165, 1.54) is 19.3 Å². The Hall–Kier alpha value is -1.06. The molecule has 2 aliphatic rings. The third kappa shape index (κ3) is 4.75. The normalized spacial score (nSPS) is 20.9. The Kier molecular flexibility index (Phi) is 4.40. The van der Waals surface area contributed by atoms with Gasteiger partial charge in [0.2, 0.25) is 0 Å². The lowest BCUT2D eigenvalue weighted by Gasteiger charge is -2.20. The molecular formula is C13H21NO3. The molecule has 2 fully saturated rings. The van der Waals surface area contributed by atoms with Crippen molar-refractivity contribution in [3.63, 3.8) is 0 Å². The van der Waals surface area contributed by atoms with E-state index in [9.17, 15) is 9.59 Å². The second-order valence-electron chi connectivity index (χ2n) is 5.24. The monoisotopic (exact) mass is 239 g/mol. The Balaban J connectivity index is 1.57. The molecule has 2 rings (SSSR count). The summed E-state index contributed by atoms with van der Waals surface area (Å²) in [7, 11) is 0. The Labute approximate surface area is 102 Å². The molecule has 0 aliphatic heterocycles. The molecular weight excluding hydrogens is 218 g/mol. The minimum Gasteiger partial charge on any atom is -0.442 e. The standard InChI is InChI=1S/C13H21NO3/c15-12(8-10-4-2-1-3-5-10)9-17-13(16)14-11-6-7-11/h10-11H,1-9H2,(H,14,16). The van der Waals surface area contributed by atoms with Gasteiger partial charge in [0, 0.05) is 12.5 Å². The number of hydrogen-bond acceptors (Lipinski definition) is 3. The van der Waals surface area contributed by atoms with E-state index in [1.807, 2.05) is 0 Å². The highest BCUT2D eigenvalue weighted by Gasteiger charge is 2.24. The molecule has 0 spiro atoms. The molecule has 0 saturated heterocycles. The lowest BCUT2D eigenvalue weighted by atomic mass is 9.86. The lowest BCUT2D eigenvalue weighted by molar-refractivity contribution is -0.123. The molecule has 4 nitrogen and oxygen atoms in total. The average molecular weight is 239 g/mol. The van der Waals surface area contributed by atoms with Gasteiger partial charge in [0.1, 0.15) is 0 Å². The maximum absolute atomic E-state index is 11.6. The van der Waals surface area contributed by atoms with Crippen LogP contribution in [0.5, 0.6) is 0 Å². The van der Waals surface area contributed by atoms with E-state index in [0.717, 1.165) is 25.7 Å². The van der Waals surface area contributed by atoms with Crippen molar-refractivity contribution in [1.82, 2.24) is 5.32 Å². The molecule has 0 aromatic carbocycles. The van der Waals surface area contributed by atoms with Crippen molar-refractivity contribution in [2.45, 2.75) is 57.4 Å². The zero-order valence-electron chi connectivity index (χ0n) is 10.2. The molecule has 2 saturated carbocycles. The van der Waals surface area contributed by atoms with Crippen molar-refractivity contribution in [1.29, 1.82) is 0 Å². The highest BCUT2D eigenvalue weighted by atomic mass is 16.6. The fraction of sp³-hybridized carbons (Fsp3) is 0.846. The first-order chi connectivity index (χ1) is 8.24. The summed E-state index contributed by atoms with van der Waals surface area (Å²) in [5.41, 5.74) is 0. The van der Waals surface area contributed by atoms with E-state index in [0.29, 0.717) is 12.3 Å². The van der Waals surface area contributed by atoms with Gasteiger partial charge in [-0.15, -0.1) is 0 Å². The summed E-state index contributed by atoms with van der Waals surface area (Å²) in [6.07, 6.45) is 8.28. The van der Waals surface area contributed by atoms with Gasteiger partial charge in [-0.2, -0.15) is 0 Å². The van der Waals surface area contributed by atoms with Crippen LogP contribution in [0, 0.1) is 5.92 Å². The number of hydrogen-bond donors (Lipinski definition) is 1. The van der Waals surface area contributed by atoms with E-state index >= 15 is 0 Å². The first-order valence-corrected chi connectivity index (χ1v) is 6.69. The van der Waals surface area contributed by atoms with E-state index in [4.69, 9.17) is 4.74 Å². The minimum atomic E-state index is -0.440. The highest BCUT2D eigenvalue weighted by Crippen LogP contribution is 2.26. The first kappa shape index (κ1) is 12.4. The van der Waals surface area contributed by atoms with E-state index in [2.05, 4.69) is 5.32 Å². The van der Waals surface area contributed by atoms with E-state index in [-0.39, 0.29) is 18.4 Å². The van der Waals surface area contributed by atoms with Gasteiger partial charge in [-0.3, -0.25) is 4.79 Å². The molecule has 1 amide bonds. The molecule has 96 valence electrons. The van der Waals surface area contributed by atoms with Gasteiger partial charge in [-0.25, -0.2) is 4.79 Å². The Morgan fingerprint density at radius 3 is 2.41 bits per heavy atom. The number of carbonyl (C=O) groups is 2. The number of nitrogens with one attached hydrogen (secondary N) is 1. The molecule has 0 unspecified atom stereocenters. The maximum atomic E-state index is 11.6. The van der Waals surface area contributed by atoms with Gasteiger partial charge >= 0.3 is 6.09 Å². The van der Waals surface area contributed by atoms with Gasteiger partial charge < -0.3 is 10.1 Å². The topological polar surface area (TPSA) is 55.4 Å². The van der Waals surface area contributed by atoms with Gasteiger partial charge in [0.05, 0.1) is 0 Å². The predicted octanol–water partition coefficient (Wildman–Crippen LogP) is 2.41. The van der Waals surface area contributed by atoms with Crippen LogP contribution in [0.15, 0.2) is 0 Å². The quantitative estimate of drug-likeness (QED) is 0.801. The zero-order valence-corrected chi connectivity index (χ0v) is 10.2. The molecule has 0 radical (unpaired) electrons. The third-order valence-electron chi connectivity index (χ3n) is 3.50. The largest absolute Gasteiger partial charge is 0.442 e. The van der Waals surface area contributed by atoms with Crippen molar-refractivity contribution in [2.24, 2.45) is 5.92 Å². The average Bonchev–Trinajstić information content (AvgIpc) is 3.12. The van der Waals surface area contributed by atoms with Crippen LogP contribution in [0.1, 0.15) is 51.4 Å². The van der Waals surface area contributed by atoms with Crippen LogP contribution in [0.25, 0.3) is 0 Å².